The van der Waals surface area contributed by atoms with Gasteiger partial charge < -0.3 is 10.2 Å². The molecule has 2 aromatic carbocycles. The molecule has 2 N–H and O–H groups in total. The number of aliphatic hydroxyl groups is 2. The maximum atomic E-state index is 11.6. The summed E-state index contributed by atoms with van der Waals surface area (Å²) in [6.45, 7) is 0. The summed E-state index contributed by atoms with van der Waals surface area (Å²) in [4.78, 5) is 0. The van der Waals surface area contributed by atoms with Gasteiger partial charge in [0.2, 0.25) is 12.6 Å². The van der Waals surface area contributed by atoms with Crippen molar-refractivity contribution in [2.45, 2.75) is 12.6 Å². The molecule has 0 saturated carbocycles. The molecule has 2 rings (SSSR count). The molecule has 0 saturated heterocycles. The summed E-state index contributed by atoms with van der Waals surface area (Å²) in [5.41, 5.74) is 0.498. The smallest absolute Gasteiger partial charge is 0.363 e. The molecule has 0 spiro atoms. The van der Waals surface area contributed by atoms with Gasteiger partial charge in [-0.1, -0.05) is 60.7 Å². The van der Waals surface area contributed by atoms with Crippen LogP contribution < -0.4 is 0 Å². The summed E-state index contributed by atoms with van der Waals surface area (Å²) in [5.74, 6) is 0. The Hall–Kier alpha value is -1.77. The van der Waals surface area contributed by atoms with E-state index in [2.05, 4.69) is 8.37 Å². The summed E-state index contributed by atoms with van der Waals surface area (Å²) in [5, 5.41) is 19.4. The van der Waals surface area contributed by atoms with E-state index in [-0.39, 0.29) is 11.1 Å². The van der Waals surface area contributed by atoms with E-state index in [9.17, 15) is 18.6 Å². The first-order chi connectivity index (χ1) is 9.98. The summed E-state index contributed by atoms with van der Waals surface area (Å²) in [7, 11) is -4.58. The van der Waals surface area contributed by atoms with Crippen molar-refractivity contribution in [2.24, 2.45) is 0 Å². The lowest BCUT2D eigenvalue weighted by Gasteiger charge is -2.15. The molecule has 0 bridgehead atoms. The van der Waals surface area contributed by atoms with Crippen molar-refractivity contribution in [3.8, 4) is 0 Å². The fraction of sp³-hybridized carbons (Fsp3) is 0.143. The van der Waals surface area contributed by atoms with Gasteiger partial charge in [-0.05, 0) is 0 Å². The van der Waals surface area contributed by atoms with Crippen molar-refractivity contribution < 1.29 is 27.0 Å². The summed E-state index contributed by atoms with van der Waals surface area (Å²) in [6.07, 6.45) is -3.42. The van der Waals surface area contributed by atoms with Crippen LogP contribution in [0.3, 0.4) is 0 Å². The van der Waals surface area contributed by atoms with E-state index < -0.39 is 23.0 Å². The van der Waals surface area contributed by atoms with Crippen molar-refractivity contribution in [1.82, 2.24) is 0 Å². The summed E-state index contributed by atoms with van der Waals surface area (Å²) in [6, 6.07) is 15.9. The third kappa shape index (κ3) is 4.62. The number of aliphatic hydroxyl groups excluding tert-OH is 2. The monoisotopic (exact) mass is 310 g/mol. The minimum Gasteiger partial charge on any atom is -0.363 e. The Balaban J connectivity index is 2.02. The third-order valence-electron chi connectivity index (χ3n) is 2.59. The Morgan fingerprint density at radius 2 is 1.05 bits per heavy atom. The molecular formula is C14H14O6S. The molecule has 2 atom stereocenters. The van der Waals surface area contributed by atoms with E-state index in [0.717, 1.165) is 0 Å². The lowest BCUT2D eigenvalue weighted by molar-refractivity contribution is -0.0631. The van der Waals surface area contributed by atoms with Crippen molar-refractivity contribution in [2.75, 3.05) is 0 Å². The van der Waals surface area contributed by atoms with Gasteiger partial charge in [-0.25, -0.2) is 8.37 Å². The highest BCUT2D eigenvalue weighted by atomic mass is 32.3. The lowest BCUT2D eigenvalue weighted by atomic mass is 10.2. The molecular weight excluding hydrogens is 296 g/mol. The maximum Gasteiger partial charge on any atom is 0.405 e. The topological polar surface area (TPSA) is 93.1 Å². The Bertz CT molecular complexity index is 603. The Labute approximate surface area is 122 Å². The second kappa shape index (κ2) is 6.79. The predicted octanol–water partition coefficient (Wildman–Crippen LogP) is 1.65. The van der Waals surface area contributed by atoms with Gasteiger partial charge in [0.05, 0.1) is 0 Å². The van der Waals surface area contributed by atoms with Crippen LogP contribution in [0.4, 0.5) is 0 Å². The quantitative estimate of drug-likeness (QED) is 0.788. The van der Waals surface area contributed by atoms with Crippen LogP contribution in [0.15, 0.2) is 60.7 Å². The highest BCUT2D eigenvalue weighted by Gasteiger charge is 2.24. The predicted molar refractivity (Wildman–Crippen MR) is 73.9 cm³/mol. The molecule has 112 valence electrons. The Kier molecular flexibility index (Phi) is 5.05. The molecule has 0 aromatic heterocycles. The van der Waals surface area contributed by atoms with Crippen LogP contribution in [0.2, 0.25) is 0 Å². The van der Waals surface area contributed by atoms with Gasteiger partial charge in [-0.2, -0.15) is 8.42 Å². The number of rotatable bonds is 6. The van der Waals surface area contributed by atoms with Gasteiger partial charge in [0, 0.05) is 11.1 Å². The molecule has 7 heteroatoms. The van der Waals surface area contributed by atoms with Crippen LogP contribution in [0.5, 0.6) is 0 Å². The van der Waals surface area contributed by atoms with Crippen LogP contribution in [0, 0.1) is 0 Å². The molecule has 0 aliphatic rings. The minimum absolute atomic E-state index is 0.249. The minimum atomic E-state index is -4.58. The van der Waals surface area contributed by atoms with Gasteiger partial charge in [-0.15, -0.1) is 0 Å². The molecule has 0 aliphatic heterocycles. The van der Waals surface area contributed by atoms with Crippen LogP contribution >= 0.6 is 0 Å². The first kappa shape index (κ1) is 15.6. The SMILES string of the molecule is O=S(=O)(OC(O)c1ccccc1)OC(O)c1ccccc1. The molecule has 0 amide bonds. The van der Waals surface area contributed by atoms with E-state index in [4.69, 9.17) is 0 Å². The van der Waals surface area contributed by atoms with Crippen molar-refractivity contribution in [3.05, 3.63) is 71.8 Å². The molecule has 0 fully saturated rings. The molecule has 0 aliphatic carbocycles. The van der Waals surface area contributed by atoms with Crippen LogP contribution in [-0.2, 0) is 18.8 Å². The van der Waals surface area contributed by atoms with Gasteiger partial charge in [0.15, 0.2) is 0 Å². The van der Waals surface area contributed by atoms with Gasteiger partial charge >= 0.3 is 10.4 Å². The number of hydrogen-bond acceptors (Lipinski definition) is 6. The average molecular weight is 310 g/mol. The first-order valence-electron chi connectivity index (χ1n) is 6.05. The van der Waals surface area contributed by atoms with E-state index in [0.29, 0.717) is 0 Å². The first-order valence-corrected chi connectivity index (χ1v) is 7.39. The van der Waals surface area contributed by atoms with Crippen LogP contribution in [-0.4, -0.2) is 18.6 Å². The number of hydrogen-bond donors (Lipinski definition) is 2. The fourth-order valence-corrected chi connectivity index (χ4v) is 2.31. The maximum absolute atomic E-state index is 11.6. The van der Waals surface area contributed by atoms with Crippen LogP contribution in [0.1, 0.15) is 23.7 Å². The molecule has 0 radical (unpaired) electrons. The lowest BCUT2D eigenvalue weighted by Crippen LogP contribution is -2.17. The molecule has 0 heterocycles. The van der Waals surface area contributed by atoms with E-state index in [1.807, 2.05) is 0 Å². The van der Waals surface area contributed by atoms with E-state index >= 15 is 0 Å². The molecule has 21 heavy (non-hydrogen) atoms. The Morgan fingerprint density at radius 1 is 0.714 bits per heavy atom. The van der Waals surface area contributed by atoms with Crippen molar-refractivity contribution in [1.29, 1.82) is 0 Å². The van der Waals surface area contributed by atoms with Crippen LogP contribution in [0.25, 0.3) is 0 Å². The standard InChI is InChI=1S/C14H14O6S/c15-13(11-7-3-1-4-8-11)19-21(17,18)20-14(16)12-9-5-2-6-10-12/h1-10,13-16H. The Morgan fingerprint density at radius 3 is 1.38 bits per heavy atom. The summed E-state index contributed by atoms with van der Waals surface area (Å²) >= 11 is 0. The highest BCUT2D eigenvalue weighted by molar-refractivity contribution is 7.81. The molecule has 2 aromatic rings. The second-order valence-electron chi connectivity index (χ2n) is 4.13. The fourth-order valence-electron chi connectivity index (χ4n) is 1.59. The number of benzene rings is 2. The van der Waals surface area contributed by atoms with Crippen molar-refractivity contribution in [3.63, 3.8) is 0 Å². The highest BCUT2D eigenvalue weighted by Crippen LogP contribution is 2.21. The average Bonchev–Trinajstić information content (AvgIpc) is 2.48. The zero-order chi connectivity index (χ0) is 15.3. The van der Waals surface area contributed by atoms with E-state index in [1.165, 1.54) is 24.3 Å². The zero-order valence-electron chi connectivity index (χ0n) is 10.9. The largest absolute Gasteiger partial charge is 0.405 e. The van der Waals surface area contributed by atoms with Gasteiger partial charge in [-0.3, -0.25) is 0 Å². The molecule has 2 unspecified atom stereocenters. The summed E-state index contributed by atoms with van der Waals surface area (Å²) < 4.78 is 32.2. The molecule has 6 nitrogen and oxygen atoms in total. The van der Waals surface area contributed by atoms with Gasteiger partial charge in [0.1, 0.15) is 0 Å². The van der Waals surface area contributed by atoms with Crippen molar-refractivity contribution >= 4 is 10.4 Å². The second-order valence-corrected chi connectivity index (χ2v) is 5.33. The third-order valence-corrected chi connectivity index (χ3v) is 3.42. The van der Waals surface area contributed by atoms with Gasteiger partial charge in [0.25, 0.3) is 0 Å². The zero-order valence-corrected chi connectivity index (χ0v) is 11.7. The van der Waals surface area contributed by atoms with E-state index in [1.54, 1.807) is 36.4 Å². The normalized spacial score (nSPS) is 14.6.